The SMILES string of the molecule is Cc1cc(F)cc(C(O)C2CCOCC2)c1. The molecule has 1 saturated heterocycles. The Morgan fingerprint density at radius 3 is 2.62 bits per heavy atom. The number of ether oxygens (including phenoxy) is 1. The van der Waals surface area contributed by atoms with Gasteiger partial charge < -0.3 is 9.84 Å². The van der Waals surface area contributed by atoms with Crippen molar-refractivity contribution in [2.75, 3.05) is 13.2 Å². The molecule has 1 aliphatic rings. The minimum absolute atomic E-state index is 0.190. The van der Waals surface area contributed by atoms with Gasteiger partial charge in [0.25, 0.3) is 0 Å². The van der Waals surface area contributed by atoms with Crippen LogP contribution in [0.15, 0.2) is 18.2 Å². The molecule has 2 rings (SSSR count). The van der Waals surface area contributed by atoms with Gasteiger partial charge in [0.15, 0.2) is 0 Å². The van der Waals surface area contributed by atoms with Crippen LogP contribution >= 0.6 is 0 Å². The smallest absolute Gasteiger partial charge is 0.123 e. The Balaban J connectivity index is 2.15. The fourth-order valence-corrected chi connectivity index (χ4v) is 2.24. The lowest BCUT2D eigenvalue weighted by Gasteiger charge is -2.27. The van der Waals surface area contributed by atoms with Gasteiger partial charge in [-0.1, -0.05) is 6.07 Å². The quantitative estimate of drug-likeness (QED) is 0.836. The van der Waals surface area contributed by atoms with Crippen molar-refractivity contribution in [3.8, 4) is 0 Å². The van der Waals surface area contributed by atoms with Crippen LogP contribution in [-0.4, -0.2) is 18.3 Å². The summed E-state index contributed by atoms with van der Waals surface area (Å²) in [6.07, 6.45) is 1.12. The summed E-state index contributed by atoms with van der Waals surface area (Å²) >= 11 is 0. The molecule has 16 heavy (non-hydrogen) atoms. The second kappa shape index (κ2) is 4.93. The molecule has 1 aromatic carbocycles. The molecular formula is C13H17FO2. The van der Waals surface area contributed by atoms with Crippen LogP contribution in [0.5, 0.6) is 0 Å². The molecule has 0 amide bonds. The first-order valence-electron chi connectivity index (χ1n) is 5.70. The summed E-state index contributed by atoms with van der Waals surface area (Å²) in [6, 6.07) is 4.75. The van der Waals surface area contributed by atoms with E-state index in [1.807, 2.05) is 13.0 Å². The Hall–Kier alpha value is -0.930. The van der Waals surface area contributed by atoms with E-state index in [-0.39, 0.29) is 11.7 Å². The Bertz CT molecular complexity index is 339. The fourth-order valence-electron chi connectivity index (χ4n) is 2.24. The first-order valence-corrected chi connectivity index (χ1v) is 5.70. The maximum atomic E-state index is 13.2. The van der Waals surface area contributed by atoms with Gasteiger partial charge in [-0.05, 0) is 48.9 Å². The second-order valence-electron chi connectivity index (χ2n) is 4.46. The molecule has 1 atom stereocenters. The minimum atomic E-state index is -0.571. The van der Waals surface area contributed by atoms with Crippen molar-refractivity contribution in [3.63, 3.8) is 0 Å². The van der Waals surface area contributed by atoms with Gasteiger partial charge in [0.1, 0.15) is 5.82 Å². The molecule has 0 spiro atoms. The fraction of sp³-hybridized carbons (Fsp3) is 0.538. The van der Waals surface area contributed by atoms with E-state index in [9.17, 15) is 9.50 Å². The summed E-state index contributed by atoms with van der Waals surface area (Å²) in [6.45, 7) is 3.22. The molecule has 3 heteroatoms. The zero-order valence-corrected chi connectivity index (χ0v) is 9.45. The van der Waals surface area contributed by atoms with Crippen LogP contribution in [0.4, 0.5) is 4.39 Å². The van der Waals surface area contributed by atoms with Gasteiger partial charge in [-0.3, -0.25) is 0 Å². The third-order valence-electron chi connectivity index (χ3n) is 3.12. The lowest BCUT2D eigenvalue weighted by Crippen LogP contribution is -2.22. The molecule has 1 N–H and O–H groups in total. The first kappa shape index (κ1) is 11.6. The highest BCUT2D eigenvalue weighted by molar-refractivity contribution is 5.25. The summed E-state index contributed by atoms with van der Waals surface area (Å²) in [5, 5.41) is 10.2. The molecule has 0 aromatic heterocycles. The van der Waals surface area contributed by atoms with E-state index in [1.165, 1.54) is 12.1 Å². The molecule has 1 aromatic rings. The maximum Gasteiger partial charge on any atom is 0.123 e. The molecule has 1 unspecified atom stereocenters. The summed E-state index contributed by atoms with van der Waals surface area (Å²) in [4.78, 5) is 0. The average molecular weight is 224 g/mol. The number of halogens is 1. The van der Waals surface area contributed by atoms with Crippen molar-refractivity contribution < 1.29 is 14.2 Å². The van der Waals surface area contributed by atoms with E-state index in [1.54, 1.807) is 0 Å². The van der Waals surface area contributed by atoms with Crippen molar-refractivity contribution >= 4 is 0 Å². The van der Waals surface area contributed by atoms with Crippen molar-refractivity contribution in [1.82, 2.24) is 0 Å². The van der Waals surface area contributed by atoms with Crippen molar-refractivity contribution in [2.24, 2.45) is 5.92 Å². The van der Waals surface area contributed by atoms with E-state index >= 15 is 0 Å². The molecule has 0 saturated carbocycles. The van der Waals surface area contributed by atoms with Crippen molar-refractivity contribution in [3.05, 3.63) is 35.1 Å². The molecule has 2 nitrogen and oxygen atoms in total. The van der Waals surface area contributed by atoms with Gasteiger partial charge in [0, 0.05) is 13.2 Å². The van der Waals surface area contributed by atoms with Gasteiger partial charge in [-0.2, -0.15) is 0 Å². The molecular weight excluding hydrogens is 207 g/mol. The number of benzene rings is 1. The zero-order valence-electron chi connectivity index (χ0n) is 9.45. The zero-order chi connectivity index (χ0) is 11.5. The molecule has 0 radical (unpaired) electrons. The van der Waals surface area contributed by atoms with Crippen LogP contribution in [0.25, 0.3) is 0 Å². The maximum absolute atomic E-state index is 13.2. The summed E-state index contributed by atoms with van der Waals surface area (Å²) in [5.74, 6) is -0.0870. The highest BCUT2D eigenvalue weighted by Crippen LogP contribution is 2.30. The molecule has 1 heterocycles. The van der Waals surface area contributed by atoms with Gasteiger partial charge in [-0.15, -0.1) is 0 Å². The lowest BCUT2D eigenvalue weighted by atomic mass is 9.89. The van der Waals surface area contributed by atoms with E-state index < -0.39 is 6.10 Å². The van der Waals surface area contributed by atoms with Gasteiger partial charge in [0.05, 0.1) is 6.10 Å². The van der Waals surface area contributed by atoms with Gasteiger partial charge >= 0.3 is 0 Å². The van der Waals surface area contributed by atoms with E-state index in [0.717, 1.165) is 18.4 Å². The normalized spacial score (nSPS) is 19.7. The predicted molar refractivity (Wildman–Crippen MR) is 59.6 cm³/mol. The molecule has 0 aliphatic carbocycles. The first-order chi connectivity index (χ1) is 7.66. The van der Waals surface area contributed by atoms with E-state index in [4.69, 9.17) is 4.74 Å². The van der Waals surface area contributed by atoms with E-state index in [0.29, 0.717) is 18.8 Å². The topological polar surface area (TPSA) is 29.5 Å². The van der Waals surface area contributed by atoms with Crippen molar-refractivity contribution in [1.29, 1.82) is 0 Å². The van der Waals surface area contributed by atoms with Crippen LogP contribution in [0.2, 0.25) is 0 Å². The number of aliphatic hydroxyl groups is 1. The summed E-state index contributed by atoms with van der Waals surface area (Å²) in [7, 11) is 0. The third kappa shape index (κ3) is 2.60. The lowest BCUT2D eigenvalue weighted by molar-refractivity contribution is 0.00707. The standard InChI is InChI=1S/C13H17FO2/c1-9-6-11(8-12(14)7-9)13(15)10-2-4-16-5-3-10/h6-8,10,13,15H,2-5H2,1H3. The summed E-state index contributed by atoms with van der Waals surface area (Å²) in [5.41, 5.74) is 1.53. The molecule has 1 aliphatic heterocycles. The third-order valence-corrected chi connectivity index (χ3v) is 3.12. The highest BCUT2D eigenvalue weighted by atomic mass is 19.1. The van der Waals surface area contributed by atoms with Crippen molar-refractivity contribution in [2.45, 2.75) is 25.9 Å². The Morgan fingerprint density at radius 1 is 1.31 bits per heavy atom. The second-order valence-corrected chi connectivity index (χ2v) is 4.46. The number of aliphatic hydroxyl groups excluding tert-OH is 1. The van der Waals surface area contributed by atoms with Gasteiger partial charge in [0.2, 0.25) is 0 Å². The summed E-state index contributed by atoms with van der Waals surface area (Å²) < 4.78 is 18.5. The predicted octanol–water partition coefficient (Wildman–Crippen LogP) is 2.59. The van der Waals surface area contributed by atoms with Crippen LogP contribution in [0.1, 0.15) is 30.1 Å². The van der Waals surface area contributed by atoms with E-state index in [2.05, 4.69) is 0 Å². The number of hydrogen-bond acceptors (Lipinski definition) is 2. The number of hydrogen-bond donors (Lipinski definition) is 1. The Labute approximate surface area is 95.1 Å². The Kier molecular flexibility index (Phi) is 3.56. The van der Waals surface area contributed by atoms with Crippen LogP contribution in [-0.2, 0) is 4.74 Å². The van der Waals surface area contributed by atoms with Crippen LogP contribution < -0.4 is 0 Å². The largest absolute Gasteiger partial charge is 0.388 e. The highest BCUT2D eigenvalue weighted by Gasteiger charge is 2.23. The average Bonchev–Trinajstić information content (AvgIpc) is 2.28. The Morgan fingerprint density at radius 2 is 2.00 bits per heavy atom. The number of rotatable bonds is 2. The van der Waals surface area contributed by atoms with Crippen LogP contribution in [0.3, 0.4) is 0 Å². The molecule has 1 fully saturated rings. The minimum Gasteiger partial charge on any atom is -0.388 e. The monoisotopic (exact) mass is 224 g/mol. The van der Waals surface area contributed by atoms with Crippen LogP contribution in [0, 0.1) is 18.7 Å². The molecule has 88 valence electrons. The van der Waals surface area contributed by atoms with Gasteiger partial charge in [-0.25, -0.2) is 4.39 Å². The molecule has 0 bridgehead atoms. The number of aryl methyl sites for hydroxylation is 1.